The van der Waals surface area contributed by atoms with Crippen LogP contribution in [0.4, 0.5) is 15.8 Å². The van der Waals surface area contributed by atoms with E-state index in [4.69, 9.17) is 9.47 Å². The Morgan fingerprint density at radius 3 is 2.03 bits per heavy atom. The predicted octanol–water partition coefficient (Wildman–Crippen LogP) is 4.77. The second-order valence-corrected chi connectivity index (χ2v) is 11.2. The maximum Gasteiger partial charge on any atom is 0.264 e. The molecular weight excluding hydrogens is 493 g/mol. The molecule has 1 heterocycles. The first-order chi connectivity index (χ1) is 17.7. The molecule has 9 heteroatoms. The fraction of sp³-hybridized carbons (Fsp3) is 0.357. The zero-order chi connectivity index (χ0) is 26.6. The molecule has 3 aromatic rings. The van der Waals surface area contributed by atoms with Crippen molar-refractivity contribution in [3.8, 4) is 11.5 Å². The zero-order valence-electron chi connectivity index (χ0n) is 21.7. The van der Waals surface area contributed by atoms with Crippen molar-refractivity contribution in [1.82, 2.24) is 4.90 Å². The Labute approximate surface area is 219 Å². The molecule has 37 heavy (non-hydrogen) atoms. The Morgan fingerprint density at radius 2 is 1.46 bits per heavy atom. The van der Waals surface area contributed by atoms with Crippen LogP contribution in [0.15, 0.2) is 71.6 Å². The van der Waals surface area contributed by atoms with Gasteiger partial charge in [0, 0.05) is 51.5 Å². The van der Waals surface area contributed by atoms with Gasteiger partial charge in [-0.1, -0.05) is 12.1 Å². The quantitative estimate of drug-likeness (QED) is 0.400. The lowest BCUT2D eigenvalue weighted by molar-refractivity contribution is 0.206. The lowest BCUT2D eigenvalue weighted by atomic mass is 10.0. The van der Waals surface area contributed by atoms with Gasteiger partial charge >= 0.3 is 0 Å². The van der Waals surface area contributed by atoms with E-state index in [2.05, 4.69) is 34.1 Å². The Kier molecular flexibility index (Phi) is 8.24. The van der Waals surface area contributed by atoms with Gasteiger partial charge in [-0.05, 0) is 66.9 Å². The van der Waals surface area contributed by atoms with Crippen LogP contribution in [0.25, 0.3) is 0 Å². The number of rotatable bonds is 9. The molecule has 1 saturated heterocycles. The number of ether oxygens (including phenoxy) is 2. The second-order valence-electron chi connectivity index (χ2n) is 9.36. The standard InChI is InChI=1S/C28H34FN3O4S/c1-30(2)23-9-5-21(6-10-23)20-31-17-15-24(16-18-31)32(25-11-14-27(35-3)28(19-25)36-4)37(33,34)26-12-7-22(29)8-13-26/h5-14,19,24H,15-18,20H2,1-4H3. The molecule has 4 rings (SSSR count). The average molecular weight is 528 g/mol. The number of methoxy groups -OCH3 is 2. The van der Waals surface area contributed by atoms with Gasteiger partial charge in [0.1, 0.15) is 5.82 Å². The van der Waals surface area contributed by atoms with Crippen LogP contribution in [-0.4, -0.2) is 60.8 Å². The molecule has 0 saturated carbocycles. The van der Waals surface area contributed by atoms with Crippen LogP contribution in [0.1, 0.15) is 18.4 Å². The van der Waals surface area contributed by atoms with E-state index in [-0.39, 0.29) is 10.9 Å². The van der Waals surface area contributed by atoms with Crippen molar-refractivity contribution in [3.63, 3.8) is 0 Å². The average Bonchev–Trinajstić information content (AvgIpc) is 2.90. The fourth-order valence-electron chi connectivity index (χ4n) is 4.70. The number of sulfonamides is 1. The van der Waals surface area contributed by atoms with Gasteiger partial charge in [0.05, 0.1) is 24.8 Å². The number of halogens is 1. The summed E-state index contributed by atoms with van der Waals surface area (Å²) in [5, 5.41) is 0. The summed E-state index contributed by atoms with van der Waals surface area (Å²) in [7, 11) is 3.13. The van der Waals surface area contributed by atoms with E-state index in [9.17, 15) is 12.8 Å². The number of hydrogen-bond donors (Lipinski definition) is 0. The number of hydrogen-bond acceptors (Lipinski definition) is 6. The van der Waals surface area contributed by atoms with Crippen LogP contribution in [-0.2, 0) is 16.6 Å². The van der Waals surface area contributed by atoms with Gasteiger partial charge in [-0.2, -0.15) is 0 Å². The summed E-state index contributed by atoms with van der Waals surface area (Å²) in [5.41, 5.74) is 2.86. The molecule has 0 amide bonds. The van der Waals surface area contributed by atoms with E-state index in [0.29, 0.717) is 30.0 Å². The molecule has 7 nitrogen and oxygen atoms in total. The minimum Gasteiger partial charge on any atom is -0.493 e. The van der Waals surface area contributed by atoms with Gasteiger partial charge in [-0.15, -0.1) is 0 Å². The van der Waals surface area contributed by atoms with Gasteiger partial charge < -0.3 is 14.4 Å². The zero-order valence-corrected chi connectivity index (χ0v) is 22.5. The van der Waals surface area contributed by atoms with Crippen LogP contribution < -0.4 is 18.7 Å². The monoisotopic (exact) mass is 527 g/mol. The summed E-state index contributed by atoms with van der Waals surface area (Å²) in [5.74, 6) is 0.474. The van der Waals surface area contributed by atoms with Crippen molar-refractivity contribution in [2.75, 3.05) is 50.6 Å². The Hall–Kier alpha value is -3.30. The van der Waals surface area contributed by atoms with Gasteiger partial charge in [-0.3, -0.25) is 9.21 Å². The third-order valence-electron chi connectivity index (χ3n) is 6.74. The van der Waals surface area contributed by atoms with Crippen LogP contribution >= 0.6 is 0 Å². The summed E-state index contributed by atoms with van der Waals surface area (Å²) in [6.07, 6.45) is 1.31. The molecule has 198 valence electrons. The number of benzene rings is 3. The molecule has 0 unspecified atom stereocenters. The molecular formula is C28H34FN3O4S. The fourth-order valence-corrected chi connectivity index (χ4v) is 6.40. The van der Waals surface area contributed by atoms with Gasteiger partial charge in [0.15, 0.2) is 11.5 Å². The third-order valence-corrected chi connectivity index (χ3v) is 8.63. The molecule has 1 aliphatic heterocycles. The minimum absolute atomic E-state index is 0.0482. The number of piperidine rings is 1. The van der Waals surface area contributed by atoms with Gasteiger partial charge in [-0.25, -0.2) is 12.8 Å². The molecule has 0 aliphatic carbocycles. The second kappa shape index (κ2) is 11.4. The minimum atomic E-state index is -3.96. The van der Waals surface area contributed by atoms with E-state index >= 15 is 0 Å². The lowest BCUT2D eigenvalue weighted by Crippen LogP contribution is -2.47. The smallest absolute Gasteiger partial charge is 0.264 e. The van der Waals surface area contributed by atoms with Gasteiger partial charge in [0.2, 0.25) is 0 Å². The molecule has 0 spiro atoms. The first kappa shape index (κ1) is 26.8. The molecule has 0 atom stereocenters. The van der Waals surface area contributed by atoms with Crippen molar-refractivity contribution in [2.45, 2.75) is 30.3 Å². The van der Waals surface area contributed by atoms with Crippen LogP contribution in [0.5, 0.6) is 11.5 Å². The van der Waals surface area contributed by atoms with Gasteiger partial charge in [0.25, 0.3) is 10.0 Å². The SMILES string of the molecule is COc1ccc(N(C2CCN(Cc3ccc(N(C)C)cc3)CC2)S(=O)(=O)c2ccc(F)cc2)cc1OC. The molecule has 1 fully saturated rings. The highest BCUT2D eigenvalue weighted by Crippen LogP contribution is 2.37. The summed E-state index contributed by atoms with van der Waals surface area (Å²) in [6.45, 7) is 2.31. The summed E-state index contributed by atoms with van der Waals surface area (Å²) in [6, 6.07) is 18.3. The highest BCUT2D eigenvalue weighted by Gasteiger charge is 2.34. The van der Waals surface area contributed by atoms with E-state index in [1.54, 1.807) is 18.2 Å². The topological polar surface area (TPSA) is 62.3 Å². The highest BCUT2D eigenvalue weighted by molar-refractivity contribution is 7.92. The Bertz CT molecular complexity index is 1290. The molecule has 1 aliphatic rings. The first-order valence-corrected chi connectivity index (χ1v) is 13.7. The molecule has 0 radical (unpaired) electrons. The highest BCUT2D eigenvalue weighted by atomic mass is 32.2. The molecule has 0 aromatic heterocycles. The van der Waals surface area contributed by atoms with E-state index in [1.807, 2.05) is 14.1 Å². The maximum absolute atomic E-state index is 13.9. The largest absolute Gasteiger partial charge is 0.493 e. The summed E-state index contributed by atoms with van der Waals surface area (Å²) < 4.78 is 53.6. The maximum atomic E-state index is 13.9. The van der Waals surface area contributed by atoms with E-state index < -0.39 is 15.8 Å². The van der Waals surface area contributed by atoms with Crippen molar-refractivity contribution in [1.29, 1.82) is 0 Å². The normalized spacial score (nSPS) is 14.8. The van der Waals surface area contributed by atoms with Crippen molar-refractivity contribution in [2.24, 2.45) is 0 Å². The number of nitrogens with zero attached hydrogens (tertiary/aromatic N) is 3. The van der Waals surface area contributed by atoms with Crippen LogP contribution in [0.2, 0.25) is 0 Å². The molecule has 0 bridgehead atoms. The summed E-state index contributed by atoms with van der Waals surface area (Å²) >= 11 is 0. The van der Waals surface area contributed by atoms with Crippen LogP contribution in [0.3, 0.4) is 0 Å². The van der Waals surface area contributed by atoms with Crippen LogP contribution in [0, 0.1) is 5.82 Å². The summed E-state index contributed by atoms with van der Waals surface area (Å²) in [4.78, 5) is 4.46. The lowest BCUT2D eigenvalue weighted by Gasteiger charge is -2.39. The number of likely N-dealkylation sites (tertiary alicyclic amines) is 1. The van der Waals surface area contributed by atoms with E-state index in [1.165, 1.54) is 48.4 Å². The predicted molar refractivity (Wildman–Crippen MR) is 145 cm³/mol. The third kappa shape index (κ3) is 5.99. The van der Waals surface area contributed by atoms with Crippen molar-refractivity contribution in [3.05, 3.63) is 78.1 Å². The molecule has 3 aromatic carbocycles. The first-order valence-electron chi connectivity index (χ1n) is 12.2. The molecule has 0 N–H and O–H groups in total. The van der Waals surface area contributed by atoms with E-state index in [0.717, 1.165) is 25.3 Å². The van der Waals surface area contributed by atoms with Crippen molar-refractivity contribution >= 4 is 21.4 Å². The number of anilines is 2. The Balaban J connectivity index is 1.58. The Morgan fingerprint density at radius 1 is 0.865 bits per heavy atom. The van der Waals surface area contributed by atoms with Crippen molar-refractivity contribution < 1.29 is 22.3 Å².